The lowest BCUT2D eigenvalue weighted by Crippen LogP contribution is -2.34. The molecule has 0 saturated carbocycles. The summed E-state index contributed by atoms with van der Waals surface area (Å²) in [7, 11) is 0. The quantitative estimate of drug-likeness (QED) is 0.842. The van der Waals surface area contributed by atoms with Crippen LogP contribution >= 0.6 is 0 Å². The van der Waals surface area contributed by atoms with Gasteiger partial charge in [-0.15, -0.1) is 10.2 Å². The molecule has 1 aromatic rings. The van der Waals surface area contributed by atoms with Gasteiger partial charge in [-0.05, 0) is 6.42 Å². The minimum atomic E-state index is -4.23. The molecule has 1 aliphatic heterocycles. The smallest absolute Gasteiger partial charge is 0.312 e. The molecule has 0 radical (unpaired) electrons. The summed E-state index contributed by atoms with van der Waals surface area (Å²) in [5, 5.41) is 10.7. The third kappa shape index (κ3) is 2.18. The summed E-state index contributed by atoms with van der Waals surface area (Å²) in [6.45, 7) is 3.13. The fourth-order valence-electron chi connectivity index (χ4n) is 1.93. The van der Waals surface area contributed by atoms with Gasteiger partial charge in [-0.2, -0.15) is 13.2 Å². The predicted octanol–water partition coefficient (Wildman–Crippen LogP) is 1.44. The molecule has 90 valence electrons. The van der Waals surface area contributed by atoms with E-state index in [1.165, 1.54) is 0 Å². The zero-order valence-electron chi connectivity index (χ0n) is 8.88. The molecule has 2 rings (SSSR count). The van der Waals surface area contributed by atoms with Crippen LogP contribution in [-0.2, 0) is 13.0 Å². The van der Waals surface area contributed by atoms with Crippen LogP contribution in [-0.4, -0.2) is 27.5 Å². The molecule has 7 heteroatoms. The highest BCUT2D eigenvalue weighted by Gasteiger charge is 2.33. The number of hydrogen-bond donors (Lipinski definition) is 1. The first-order chi connectivity index (χ1) is 7.51. The van der Waals surface area contributed by atoms with E-state index in [4.69, 9.17) is 0 Å². The molecule has 1 aliphatic rings. The van der Waals surface area contributed by atoms with Crippen LogP contribution in [0.2, 0.25) is 0 Å². The van der Waals surface area contributed by atoms with Crippen molar-refractivity contribution in [1.29, 1.82) is 0 Å². The maximum Gasteiger partial charge on any atom is 0.396 e. The number of nitrogens with zero attached hydrogens (tertiary/aromatic N) is 3. The van der Waals surface area contributed by atoms with Crippen molar-refractivity contribution in [2.75, 3.05) is 6.54 Å². The molecule has 0 saturated heterocycles. The molecule has 1 N–H and O–H groups in total. The lowest BCUT2D eigenvalue weighted by molar-refractivity contribution is -0.129. The van der Waals surface area contributed by atoms with Gasteiger partial charge in [-0.3, -0.25) is 0 Å². The van der Waals surface area contributed by atoms with Crippen molar-refractivity contribution in [1.82, 2.24) is 20.1 Å². The van der Waals surface area contributed by atoms with Crippen molar-refractivity contribution in [2.45, 2.75) is 38.5 Å². The highest BCUT2D eigenvalue weighted by Crippen LogP contribution is 2.24. The van der Waals surface area contributed by atoms with Gasteiger partial charge in [0.15, 0.2) is 0 Å². The molecule has 0 aromatic carbocycles. The average Bonchev–Trinajstić information content (AvgIpc) is 2.59. The zero-order chi connectivity index (χ0) is 11.8. The number of halogens is 3. The van der Waals surface area contributed by atoms with Crippen LogP contribution in [0, 0.1) is 0 Å². The van der Waals surface area contributed by atoms with Crippen molar-refractivity contribution in [3.05, 3.63) is 11.6 Å². The average molecular weight is 234 g/mol. The van der Waals surface area contributed by atoms with Gasteiger partial charge in [-0.1, -0.05) is 6.92 Å². The fraction of sp³-hybridized carbons (Fsp3) is 0.778. The summed E-state index contributed by atoms with van der Waals surface area (Å²) >= 11 is 0. The molecular formula is C9H13F3N4. The van der Waals surface area contributed by atoms with Gasteiger partial charge in [0, 0.05) is 13.1 Å². The monoisotopic (exact) mass is 234 g/mol. The summed E-state index contributed by atoms with van der Waals surface area (Å²) in [6.07, 6.45) is -4.43. The topological polar surface area (TPSA) is 42.7 Å². The van der Waals surface area contributed by atoms with Crippen LogP contribution in [0.4, 0.5) is 13.2 Å². The normalized spacial score (nSPS) is 20.9. The Labute approximate surface area is 90.9 Å². The maximum atomic E-state index is 12.3. The van der Waals surface area contributed by atoms with Crippen LogP contribution in [0.1, 0.15) is 31.0 Å². The minimum absolute atomic E-state index is 0.0162. The van der Waals surface area contributed by atoms with E-state index in [-0.39, 0.29) is 11.9 Å². The van der Waals surface area contributed by atoms with Crippen molar-refractivity contribution in [3.63, 3.8) is 0 Å². The van der Waals surface area contributed by atoms with E-state index in [2.05, 4.69) is 15.5 Å². The first-order valence-corrected chi connectivity index (χ1v) is 5.23. The van der Waals surface area contributed by atoms with E-state index >= 15 is 0 Å². The number of rotatable bonds is 2. The van der Waals surface area contributed by atoms with E-state index in [1.54, 1.807) is 4.57 Å². The first-order valence-electron chi connectivity index (χ1n) is 5.23. The standard InChI is InChI=1S/C9H13F3N4/c1-2-6-8-15-14-7(5-9(10,11)12)16(8)4-3-13-6/h6,13H,2-5H2,1H3. The summed E-state index contributed by atoms with van der Waals surface area (Å²) < 4.78 is 38.4. The number of hydrogen-bond acceptors (Lipinski definition) is 3. The van der Waals surface area contributed by atoms with Crippen LogP contribution in [0.25, 0.3) is 0 Å². The van der Waals surface area contributed by atoms with Crippen LogP contribution < -0.4 is 5.32 Å². The van der Waals surface area contributed by atoms with Gasteiger partial charge in [0.2, 0.25) is 0 Å². The van der Waals surface area contributed by atoms with Gasteiger partial charge in [-0.25, -0.2) is 0 Å². The Morgan fingerprint density at radius 1 is 1.44 bits per heavy atom. The third-order valence-corrected chi connectivity index (χ3v) is 2.66. The molecule has 0 aliphatic carbocycles. The van der Waals surface area contributed by atoms with E-state index in [0.29, 0.717) is 18.9 Å². The largest absolute Gasteiger partial charge is 0.396 e. The molecule has 2 heterocycles. The van der Waals surface area contributed by atoms with E-state index in [9.17, 15) is 13.2 Å². The Morgan fingerprint density at radius 2 is 2.19 bits per heavy atom. The first kappa shape index (κ1) is 11.4. The van der Waals surface area contributed by atoms with Crippen molar-refractivity contribution in [2.24, 2.45) is 0 Å². The molecule has 1 unspecified atom stereocenters. The summed E-state index contributed by atoms with van der Waals surface area (Å²) in [4.78, 5) is 0. The molecule has 0 fully saturated rings. The lowest BCUT2D eigenvalue weighted by atomic mass is 10.2. The van der Waals surface area contributed by atoms with Crippen LogP contribution in [0.15, 0.2) is 0 Å². The van der Waals surface area contributed by atoms with Gasteiger partial charge >= 0.3 is 6.18 Å². The van der Waals surface area contributed by atoms with E-state index in [0.717, 1.165) is 6.42 Å². The SMILES string of the molecule is CCC1NCCn2c(CC(F)(F)F)nnc21. The van der Waals surface area contributed by atoms with Gasteiger partial charge in [0.05, 0.1) is 6.04 Å². The fourth-order valence-corrected chi connectivity index (χ4v) is 1.93. The molecular weight excluding hydrogens is 221 g/mol. The Kier molecular flexibility index (Phi) is 2.88. The Morgan fingerprint density at radius 3 is 2.81 bits per heavy atom. The van der Waals surface area contributed by atoms with Gasteiger partial charge < -0.3 is 9.88 Å². The summed E-state index contributed by atoms with van der Waals surface area (Å²) in [5.41, 5.74) is 0. The van der Waals surface area contributed by atoms with E-state index in [1.807, 2.05) is 6.92 Å². The predicted molar refractivity (Wildman–Crippen MR) is 50.8 cm³/mol. The Bertz CT molecular complexity index is 371. The number of aromatic nitrogens is 3. The molecule has 1 atom stereocenters. The Balaban J connectivity index is 2.26. The van der Waals surface area contributed by atoms with Crippen LogP contribution in [0.5, 0.6) is 0 Å². The molecule has 16 heavy (non-hydrogen) atoms. The number of alkyl halides is 3. The molecule has 0 amide bonds. The highest BCUT2D eigenvalue weighted by atomic mass is 19.4. The third-order valence-electron chi connectivity index (χ3n) is 2.66. The van der Waals surface area contributed by atoms with Crippen molar-refractivity contribution >= 4 is 0 Å². The maximum absolute atomic E-state index is 12.3. The molecule has 0 bridgehead atoms. The van der Waals surface area contributed by atoms with Gasteiger partial charge in [0.1, 0.15) is 18.1 Å². The van der Waals surface area contributed by atoms with E-state index < -0.39 is 12.6 Å². The highest BCUT2D eigenvalue weighted by molar-refractivity contribution is 5.05. The summed E-state index contributed by atoms with van der Waals surface area (Å²) in [5.74, 6) is 0.635. The summed E-state index contributed by atoms with van der Waals surface area (Å²) in [6, 6.07) is 0.0169. The number of nitrogens with one attached hydrogen (secondary N) is 1. The Hall–Kier alpha value is -1.11. The second-order valence-corrected chi connectivity index (χ2v) is 3.83. The van der Waals surface area contributed by atoms with Gasteiger partial charge in [0.25, 0.3) is 0 Å². The molecule has 0 spiro atoms. The molecule has 1 aromatic heterocycles. The van der Waals surface area contributed by atoms with Crippen molar-refractivity contribution in [3.8, 4) is 0 Å². The molecule has 4 nitrogen and oxygen atoms in total. The van der Waals surface area contributed by atoms with Crippen molar-refractivity contribution < 1.29 is 13.2 Å². The lowest BCUT2D eigenvalue weighted by Gasteiger charge is -2.24. The number of fused-ring (bicyclic) bond motifs is 1. The minimum Gasteiger partial charge on any atom is -0.312 e. The zero-order valence-corrected chi connectivity index (χ0v) is 8.88. The van der Waals surface area contributed by atoms with Crippen LogP contribution in [0.3, 0.4) is 0 Å². The second-order valence-electron chi connectivity index (χ2n) is 3.83. The second kappa shape index (κ2) is 4.04.